The Morgan fingerprint density at radius 3 is 2.40 bits per heavy atom. The van der Waals surface area contributed by atoms with Crippen molar-refractivity contribution in [1.82, 2.24) is 15.5 Å². The van der Waals surface area contributed by atoms with Crippen LogP contribution in [0.4, 0.5) is 0 Å². The summed E-state index contributed by atoms with van der Waals surface area (Å²) >= 11 is 1.88. The predicted molar refractivity (Wildman–Crippen MR) is 89.7 cm³/mol. The summed E-state index contributed by atoms with van der Waals surface area (Å²) in [6.07, 6.45) is 7.48. The van der Waals surface area contributed by atoms with E-state index in [0.29, 0.717) is 6.04 Å². The van der Waals surface area contributed by atoms with Crippen LogP contribution < -0.4 is 10.6 Å². The van der Waals surface area contributed by atoms with Crippen LogP contribution in [0.5, 0.6) is 0 Å². The maximum absolute atomic E-state index is 4.36. The molecule has 20 heavy (non-hydrogen) atoms. The number of likely N-dealkylation sites (tertiary alicyclic amines) is 1. The van der Waals surface area contributed by atoms with E-state index >= 15 is 0 Å². The van der Waals surface area contributed by atoms with Gasteiger partial charge in [0, 0.05) is 43.5 Å². The molecule has 2 N–H and O–H groups in total. The number of piperidine rings is 1. The van der Waals surface area contributed by atoms with Crippen LogP contribution in [0.2, 0.25) is 0 Å². The highest BCUT2D eigenvalue weighted by atomic mass is 32.2. The fourth-order valence-corrected chi connectivity index (χ4v) is 2.82. The summed E-state index contributed by atoms with van der Waals surface area (Å²) in [5.74, 6) is 0.956. The zero-order valence-corrected chi connectivity index (χ0v) is 14.2. The fourth-order valence-electron chi connectivity index (χ4n) is 2.61. The van der Waals surface area contributed by atoms with E-state index in [0.717, 1.165) is 18.5 Å². The monoisotopic (exact) mass is 298 g/mol. The summed E-state index contributed by atoms with van der Waals surface area (Å²) in [7, 11) is 1.86. The molecular weight excluding hydrogens is 268 g/mol. The van der Waals surface area contributed by atoms with Crippen molar-refractivity contribution >= 4 is 17.7 Å². The molecule has 116 valence electrons. The molecule has 0 aromatic rings. The molecule has 4 nitrogen and oxygen atoms in total. The zero-order valence-electron chi connectivity index (χ0n) is 13.4. The van der Waals surface area contributed by atoms with Gasteiger partial charge in [-0.1, -0.05) is 0 Å². The standard InChI is InChI=1S/C15H30N4S/c1-15(2,20-4)11-17-14(16-3)18-12-7-9-19(10-8-12)13-5-6-13/h12-13H,5-11H2,1-4H3,(H2,16,17,18). The van der Waals surface area contributed by atoms with Crippen molar-refractivity contribution in [2.24, 2.45) is 4.99 Å². The SMILES string of the molecule is CN=C(NCC(C)(C)SC)NC1CCN(C2CC2)CC1. The first-order chi connectivity index (χ1) is 9.54. The summed E-state index contributed by atoms with van der Waals surface area (Å²) in [6.45, 7) is 7.94. The quantitative estimate of drug-likeness (QED) is 0.601. The number of hydrogen-bond donors (Lipinski definition) is 2. The van der Waals surface area contributed by atoms with E-state index in [1.54, 1.807) is 0 Å². The molecule has 2 aliphatic rings. The van der Waals surface area contributed by atoms with Crippen molar-refractivity contribution in [3.63, 3.8) is 0 Å². The van der Waals surface area contributed by atoms with Gasteiger partial charge in [0.15, 0.2) is 5.96 Å². The van der Waals surface area contributed by atoms with E-state index in [1.165, 1.54) is 38.8 Å². The smallest absolute Gasteiger partial charge is 0.191 e. The van der Waals surface area contributed by atoms with Gasteiger partial charge in [-0.25, -0.2) is 0 Å². The molecule has 1 saturated heterocycles. The molecule has 0 amide bonds. The largest absolute Gasteiger partial charge is 0.355 e. The average molecular weight is 299 g/mol. The summed E-state index contributed by atoms with van der Waals surface area (Å²) in [5.41, 5.74) is 0. The van der Waals surface area contributed by atoms with Gasteiger partial charge in [0.05, 0.1) is 0 Å². The summed E-state index contributed by atoms with van der Waals surface area (Å²) < 4.78 is 0.243. The molecule has 2 fully saturated rings. The molecule has 1 saturated carbocycles. The minimum Gasteiger partial charge on any atom is -0.355 e. The maximum Gasteiger partial charge on any atom is 0.191 e. The summed E-state index contributed by atoms with van der Waals surface area (Å²) in [4.78, 5) is 7.02. The van der Waals surface area contributed by atoms with Crippen LogP contribution in [0.15, 0.2) is 4.99 Å². The van der Waals surface area contributed by atoms with Gasteiger partial charge in [-0.15, -0.1) is 0 Å². The average Bonchev–Trinajstić information content (AvgIpc) is 3.29. The van der Waals surface area contributed by atoms with Gasteiger partial charge >= 0.3 is 0 Å². The summed E-state index contributed by atoms with van der Waals surface area (Å²) in [5, 5.41) is 7.04. The van der Waals surface area contributed by atoms with Crippen molar-refractivity contribution in [3.8, 4) is 0 Å². The van der Waals surface area contributed by atoms with Crippen LogP contribution in [-0.4, -0.2) is 60.6 Å². The van der Waals surface area contributed by atoms with Gasteiger partial charge < -0.3 is 15.5 Å². The van der Waals surface area contributed by atoms with Crippen LogP contribution in [0, 0.1) is 0 Å². The molecule has 0 unspecified atom stereocenters. The number of hydrogen-bond acceptors (Lipinski definition) is 3. The van der Waals surface area contributed by atoms with Gasteiger partial charge in [0.1, 0.15) is 0 Å². The van der Waals surface area contributed by atoms with E-state index in [-0.39, 0.29) is 4.75 Å². The Bertz CT molecular complexity index is 331. The third-order valence-electron chi connectivity index (χ3n) is 4.39. The predicted octanol–water partition coefficient (Wildman–Crippen LogP) is 1.92. The van der Waals surface area contributed by atoms with E-state index in [2.05, 4.69) is 40.6 Å². The molecule has 0 aromatic carbocycles. The molecule has 0 spiro atoms. The lowest BCUT2D eigenvalue weighted by molar-refractivity contribution is 0.197. The normalized spacial score (nSPS) is 22.9. The molecule has 1 heterocycles. The van der Waals surface area contributed by atoms with E-state index in [4.69, 9.17) is 0 Å². The van der Waals surface area contributed by atoms with Crippen LogP contribution in [-0.2, 0) is 0 Å². The number of nitrogens with zero attached hydrogens (tertiary/aromatic N) is 2. The van der Waals surface area contributed by atoms with Crippen molar-refractivity contribution in [1.29, 1.82) is 0 Å². The Labute approximate surface area is 128 Å². The second-order valence-electron chi connectivity index (χ2n) is 6.58. The number of thioether (sulfide) groups is 1. The van der Waals surface area contributed by atoms with Crippen LogP contribution >= 0.6 is 11.8 Å². The molecule has 0 radical (unpaired) electrons. The Balaban J connectivity index is 1.71. The number of aliphatic imine (C=N–C) groups is 1. The highest BCUT2D eigenvalue weighted by Crippen LogP contribution is 2.29. The summed E-state index contributed by atoms with van der Waals surface area (Å²) in [6, 6.07) is 1.49. The van der Waals surface area contributed by atoms with Crippen molar-refractivity contribution < 1.29 is 0 Å². The van der Waals surface area contributed by atoms with Gasteiger partial charge in [-0.05, 0) is 45.8 Å². The van der Waals surface area contributed by atoms with Crippen LogP contribution in [0.25, 0.3) is 0 Å². The zero-order chi connectivity index (χ0) is 14.6. The molecule has 5 heteroatoms. The Hall–Kier alpha value is -0.420. The van der Waals surface area contributed by atoms with Gasteiger partial charge in [-0.2, -0.15) is 11.8 Å². The first kappa shape index (κ1) is 16.0. The number of rotatable bonds is 5. The Morgan fingerprint density at radius 2 is 1.90 bits per heavy atom. The highest BCUT2D eigenvalue weighted by Gasteiger charge is 2.31. The molecular formula is C15H30N4S. The number of nitrogens with one attached hydrogen (secondary N) is 2. The molecule has 0 aromatic heterocycles. The molecule has 1 aliphatic heterocycles. The van der Waals surface area contributed by atoms with Crippen molar-refractivity contribution in [2.45, 2.75) is 56.4 Å². The van der Waals surface area contributed by atoms with Crippen LogP contribution in [0.3, 0.4) is 0 Å². The maximum atomic E-state index is 4.36. The lowest BCUT2D eigenvalue weighted by Gasteiger charge is -2.33. The van der Waals surface area contributed by atoms with Gasteiger partial charge in [-0.3, -0.25) is 4.99 Å². The Morgan fingerprint density at radius 1 is 1.25 bits per heavy atom. The van der Waals surface area contributed by atoms with E-state index in [9.17, 15) is 0 Å². The topological polar surface area (TPSA) is 39.7 Å². The fraction of sp³-hybridized carbons (Fsp3) is 0.933. The molecule has 1 aliphatic carbocycles. The first-order valence-electron chi connectivity index (χ1n) is 7.80. The minimum absolute atomic E-state index is 0.243. The highest BCUT2D eigenvalue weighted by molar-refractivity contribution is 7.99. The second-order valence-corrected chi connectivity index (χ2v) is 8.09. The van der Waals surface area contributed by atoms with Gasteiger partial charge in [0.2, 0.25) is 0 Å². The lowest BCUT2D eigenvalue weighted by Crippen LogP contribution is -2.50. The van der Waals surface area contributed by atoms with E-state index < -0.39 is 0 Å². The number of guanidine groups is 1. The Kier molecular flexibility index (Phi) is 5.61. The molecule has 0 bridgehead atoms. The molecule has 2 rings (SSSR count). The third kappa shape index (κ3) is 4.85. The lowest BCUT2D eigenvalue weighted by atomic mass is 10.1. The molecule has 0 atom stereocenters. The van der Waals surface area contributed by atoms with Crippen molar-refractivity contribution in [3.05, 3.63) is 0 Å². The third-order valence-corrected chi connectivity index (χ3v) is 5.64. The van der Waals surface area contributed by atoms with E-state index in [1.807, 2.05) is 18.8 Å². The van der Waals surface area contributed by atoms with Crippen molar-refractivity contribution in [2.75, 3.05) is 32.9 Å². The van der Waals surface area contributed by atoms with Crippen LogP contribution in [0.1, 0.15) is 39.5 Å². The minimum atomic E-state index is 0.243. The first-order valence-corrected chi connectivity index (χ1v) is 9.03. The van der Waals surface area contributed by atoms with Gasteiger partial charge in [0.25, 0.3) is 0 Å². The second kappa shape index (κ2) is 7.03.